The van der Waals surface area contributed by atoms with Crippen LogP contribution in [0.1, 0.15) is 41.6 Å². The van der Waals surface area contributed by atoms with Gasteiger partial charge in [-0.25, -0.2) is 4.99 Å². The summed E-state index contributed by atoms with van der Waals surface area (Å²) in [4.78, 5) is 19.6. The first-order chi connectivity index (χ1) is 18.1. The van der Waals surface area contributed by atoms with E-state index in [1.807, 2.05) is 47.9 Å². The fourth-order valence-electron chi connectivity index (χ4n) is 5.15. The van der Waals surface area contributed by atoms with Gasteiger partial charge in [-0.1, -0.05) is 53.8 Å². The second kappa shape index (κ2) is 9.41. The number of rotatable bonds is 5. The van der Waals surface area contributed by atoms with E-state index >= 15 is 0 Å². The van der Waals surface area contributed by atoms with Crippen molar-refractivity contribution >= 4 is 23.1 Å². The van der Waals surface area contributed by atoms with E-state index in [1.165, 1.54) is 16.9 Å². The molecule has 1 aromatic heterocycles. The smallest absolute Gasteiger partial charge is 0.271 e. The minimum absolute atomic E-state index is 0.0753. The number of fused-ring (bicyclic) bond motifs is 3. The van der Waals surface area contributed by atoms with Crippen LogP contribution in [0.5, 0.6) is 17.2 Å². The highest BCUT2D eigenvalue weighted by molar-refractivity contribution is 7.07. The second-order valence-electron chi connectivity index (χ2n) is 9.05. The van der Waals surface area contributed by atoms with Crippen LogP contribution in [-0.2, 0) is 6.42 Å². The molecule has 1 N–H and O–H groups in total. The standard InChI is InChI=1S/C30H26N2O4S/c1-3-36-25-16-18(8-15-24(25)33)17-26-29(34)32-28(20-9-12-21(35-2)13-10-20)23-14-11-19-6-4-5-7-22(19)27(23)31-30(32)37-26/h4-10,12-13,15-17,28,33H,3,11,14H2,1-2H3/b26-17-/t28-/m0/s1. The summed E-state index contributed by atoms with van der Waals surface area (Å²) in [6, 6.07) is 21.2. The van der Waals surface area contributed by atoms with Gasteiger partial charge in [-0.15, -0.1) is 0 Å². The maximum Gasteiger partial charge on any atom is 0.271 e. The van der Waals surface area contributed by atoms with Crippen molar-refractivity contribution in [1.82, 2.24) is 4.57 Å². The largest absolute Gasteiger partial charge is 0.504 e. The highest BCUT2D eigenvalue weighted by atomic mass is 32.1. The normalized spacial score (nSPS) is 16.5. The Morgan fingerprint density at radius 3 is 2.70 bits per heavy atom. The van der Waals surface area contributed by atoms with Crippen molar-refractivity contribution in [3.05, 3.63) is 114 Å². The van der Waals surface area contributed by atoms with Crippen LogP contribution in [0.4, 0.5) is 0 Å². The van der Waals surface area contributed by atoms with Crippen LogP contribution in [0.15, 0.2) is 82.1 Å². The van der Waals surface area contributed by atoms with E-state index in [4.69, 9.17) is 14.5 Å². The van der Waals surface area contributed by atoms with Crippen LogP contribution in [0.3, 0.4) is 0 Å². The zero-order valence-corrected chi connectivity index (χ0v) is 21.4. The third-order valence-corrected chi connectivity index (χ3v) is 7.87. The van der Waals surface area contributed by atoms with Crippen molar-refractivity contribution < 1.29 is 14.6 Å². The summed E-state index contributed by atoms with van der Waals surface area (Å²) in [5, 5.41) is 10.1. The third kappa shape index (κ3) is 4.05. The topological polar surface area (TPSA) is 73.0 Å². The molecule has 0 spiro atoms. The van der Waals surface area contributed by atoms with Gasteiger partial charge in [-0.2, -0.15) is 0 Å². The minimum Gasteiger partial charge on any atom is -0.504 e. The van der Waals surface area contributed by atoms with Gasteiger partial charge >= 0.3 is 0 Å². The van der Waals surface area contributed by atoms with Gasteiger partial charge < -0.3 is 14.6 Å². The van der Waals surface area contributed by atoms with E-state index in [1.54, 1.807) is 25.3 Å². The van der Waals surface area contributed by atoms with Gasteiger partial charge in [0.05, 0.1) is 30.0 Å². The molecule has 37 heavy (non-hydrogen) atoms. The second-order valence-corrected chi connectivity index (χ2v) is 10.1. The Morgan fingerprint density at radius 1 is 1.11 bits per heavy atom. The number of phenolic OH excluding ortho intramolecular Hbond substituents is 1. The van der Waals surface area contributed by atoms with Crippen molar-refractivity contribution in [2.75, 3.05) is 13.7 Å². The molecule has 186 valence electrons. The highest BCUT2D eigenvalue weighted by Crippen LogP contribution is 2.41. The van der Waals surface area contributed by atoms with Crippen molar-refractivity contribution in [3.8, 4) is 17.2 Å². The molecule has 1 aliphatic heterocycles. The van der Waals surface area contributed by atoms with Crippen molar-refractivity contribution in [2.24, 2.45) is 4.99 Å². The first kappa shape index (κ1) is 23.3. The van der Waals surface area contributed by atoms with E-state index in [9.17, 15) is 9.90 Å². The van der Waals surface area contributed by atoms with Crippen molar-refractivity contribution in [2.45, 2.75) is 25.8 Å². The molecule has 0 amide bonds. The first-order valence-electron chi connectivity index (χ1n) is 12.3. The summed E-state index contributed by atoms with van der Waals surface area (Å²) in [6.07, 6.45) is 3.59. The summed E-state index contributed by atoms with van der Waals surface area (Å²) in [5.74, 6) is 1.25. The van der Waals surface area contributed by atoms with E-state index < -0.39 is 0 Å². The number of nitrogens with zero attached hydrogens (tertiary/aromatic N) is 2. The van der Waals surface area contributed by atoms with Gasteiger partial charge in [0.1, 0.15) is 5.75 Å². The maximum atomic E-state index is 13.9. The monoisotopic (exact) mass is 510 g/mol. The Balaban J connectivity index is 1.57. The number of benzene rings is 3. The first-order valence-corrected chi connectivity index (χ1v) is 13.1. The van der Waals surface area contributed by atoms with Gasteiger partial charge in [0.15, 0.2) is 16.3 Å². The number of ether oxygens (including phenoxy) is 2. The van der Waals surface area contributed by atoms with E-state index in [2.05, 4.69) is 18.2 Å². The number of methoxy groups -OCH3 is 1. The predicted molar refractivity (Wildman–Crippen MR) is 145 cm³/mol. The molecule has 1 aliphatic carbocycles. The zero-order chi connectivity index (χ0) is 25.5. The number of aryl methyl sites for hydroxylation is 1. The Kier molecular flexibility index (Phi) is 5.93. The lowest BCUT2D eigenvalue weighted by Gasteiger charge is -2.30. The Labute approximate surface area is 218 Å². The fourth-order valence-corrected chi connectivity index (χ4v) is 6.15. The summed E-state index contributed by atoms with van der Waals surface area (Å²) >= 11 is 1.38. The quantitative estimate of drug-likeness (QED) is 0.431. The van der Waals surface area contributed by atoms with Crippen molar-refractivity contribution in [3.63, 3.8) is 0 Å². The van der Waals surface area contributed by atoms with Gasteiger partial charge in [-0.3, -0.25) is 9.36 Å². The molecule has 6 rings (SSSR count). The molecule has 0 fully saturated rings. The molecule has 3 aromatic carbocycles. The third-order valence-electron chi connectivity index (χ3n) is 6.89. The molecule has 0 radical (unpaired) electrons. The number of allylic oxidation sites excluding steroid dienone is 1. The number of thiazole rings is 1. The molecule has 0 bridgehead atoms. The molecule has 0 saturated heterocycles. The molecule has 1 atom stereocenters. The highest BCUT2D eigenvalue weighted by Gasteiger charge is 2.32. The van der Waals surface area contributed by atoms with E-state index in [0.717, 1.165) is 46.6 Å². The fraction of sp³-hybridized carbons (Fsp3) is 0.200. The van der Waals surface area contributed by atoms with E-state index in [-0.39, 0.29) is 17.4 Å². The molecule has 2 heterocycles. The average Bonchev–Trinajstić information content (AvgIpc) is 3.23. The van der Waals surface area contributed by atoms with E-state index in [0.29, 0.717) is 21.7 Å². The number of aromatic nitrogens is 1. The van der Waals surface area contributed by atoms with Gasteiger partial charge in [0.25, 0.3) is 5.56 Å². The van der Waals surface area contributed by atoms with Crippen LogP contribution in [0.2, 0.25) is 0 Å². The summed E-state index contributed by atoms with van der Waals surface area (Å²) in [5.41, 5.74) is 6.27. The lowest BCUT2D eigenvalue weighted by molar-refractivity contribution is 0.318. The Hall–Kier alpha value is -4.10. The van der Waals surface area contributed by atoms with Crippen LogP contribution >= 0.6 is 11.3 Å². The number of aromatic hydroxyl groups is 1. The number of hydrogen-bond donors (Lipinski definition) is 1. The minimum atomic E-state index is -0.244. The van der Waals surface area contributed by atoms with Gasteiger partial charge in [0, 0.05) is 5.56 Å². The number of phenols is 1. The Bertz CT molecular complexity index is 1710. The maximum absolute atomic E-state index is 13.9. The SMILES string of the molecule is CCOc1cc(/C=c2\sc3n(c2=O)[C@@H](c2ccc(OC)cc2)C2=C(N=3)c3ccccc3CC2)ccc1O. The Morgan fingerprint density at radius 2 is 1.92 bits per heavy atom. The van der Waals surface area contributed by atoms with Crippen LogP contribution in [0.25, 0.3) is 11.8 Å². The lowest BCUT2D eigenvalue weighted by atomic mass is 9.83. The van der Waals surface area contributed by atoms with Gasteiger partial charge in [0.2, 0.25) is 0 Å². The summed E-state index contributed by atoms with van der Waals surface area (Å²) in [7, 11) is 1.65. The van der Waals surface area contributed by atoms with Crippen molar-refractivity contribution in [1.29, 1.82) is 0 Å². The van der Waals surface area contributed by atoms with Crippen LogP contribution in [-0.4, -0.2) is 23.4 Å². The molecular weight excluding hydrogens is 484 g/mol. The predicted octanol–water partition coefficient (Wildman–Crippen LogP) is 4.43. The molecule has 2 aliphatic rings. The average molecular weight is 511 g/mol. The molecule has 6 nitrogen and oxygen atoms in total. The van der Waals surface area contributed by atoms with Crippen LogP contribution in [0, 0.1) is 0 Å². The van der Waals surface area contributed by atoms with Gasteiger partial charge in [-0.05, 0) is 72.4 Å². The number of hydrogen-bond acceptors (Lipinski definition) is 6. The molecular formula is C30H26N2O4S. The molecule has 0 saturated carbocycles. The molecule has 4 aromatic rings. The van der Waals surface area contributed by atoms with Crippen LogP contribution < -0.4 is 24.4 Å². The lowest BCUT2D eigenvalue weighted by Crippen LogP contribution is -2.38. The summed E-state index contributed by atoms with van der Waals surface area (Å²) in [6.45, 7) is 2.30. The summed E-state index contributed by atoms with van der Waals surface area (Å²) < 4.78 is 13.3. The zero-order valence-electron chi connectivity index (χ0n) is 20.6. The molecule has 0 unspecified atom stereocenters. The molecule has 7 heteroatoms.